The van der Waals surface area contributed by atoms with Crippen molar-refractivity contribution in [2.75, 3.05) is 12.4 Å². The van der Waals surface area contributed by atoms with Crippen LogP contribution in [0.4, 0.5) is 5.69 Å². The Morgan fingerprint density at radius 3 is 2.11 bits per heavy atom. The maximum Gasteiger partial charge on any atom is 0.495 e. The summed E-state index contributed by atoms with van der Waals surface area (Å²) < 4.78 is 11.9. The first-order chi connectivity index (χ1) is 8.25. The molecular formula is C13H20BNO3. The molecule has 0 unspecified atom stereocenters. The molecule has 0 saturated carbocycles. The van der Waals surface area contributed by atoms with Crippen LogP contribution in [0.15, 0.2) is 18.2 Å². The molecule has 1 aromatic carbocycles. The van der Waals surface area contributed by atoms with E-state index in [1.54, 1.807) is 12.1 Å². The predicted molar refractivity (Wildman–Crippen MR) is 73.4 cm³/mol. The van der Waals surface area contributed by atoms with Crippen molar-refractivity contribution in [3.8, 4) is 5.75 Å². The minimum atomic E-state index is -0.450. The molecule has 0 spiro atoms. The fraction of sp³-hybridized carbons (Fsp3) is 0.538. The summed E-state index contributed by atoms with van der Waals surface area (Å²) in [4.78, 5) is 0. The summed E-state index contributed by atoms with van der Waals surface area (Å²) in [5.41, 5.74) is 0.906. The molecule has 5 heteroatoms. The van der Waals surface area contributed by atoms with E-state index in [9.17, 15) is 5.11 Å². The smallest absolute Gasteiger partial charge is 0.495 e. The lowest BCUT2D eigenvalue weighted by Crippen LogP contribution is -2.41. The van der Waals surface area contributed by atoms with E-state index in [0.29, 0.717) is 0 Å². The Labute approximate surface area is 108 Å². The third-order valence-corrected chi connectivity index (χ3v) is 3.75. The van der Waals surface area contributed by atoms with Gasteiger partial charge in [0.1, 0.15) is 5.75 Å². The number of phenols is 1. The molecule has 1 aliphatic rings. The number of hydrogen-bond acceptors (Lipinski definition) is 4. The van der Waals surface area contributed by atoms with Crippen LogP contribution in [0.1, 0.15) is 27.7 Å². The van der Waals surface area contributed by atoms with E-state index < -0.39 is 7.12 Å². The SMILES string of the molecule is CNc1cc(O)cc(B2OC(C)(C)C(C)(C)O2)c1. The highest BCUT2D eigenvalue weighted by molar-refractivity contribution is 6.62. The van der Waals surface area contributed by atoms with Gasteiger partial charge < -0.3 is 19.7 Å². The number of aromatic hydroxyl groups is 1. The van der Waals surface area contributed by atoms with Gasteiger partial charge in [-0.3, -0.25) is 0 Å². The maximum absolute atomic E-state index is 9.69. The Kier molecular flexibility index (Phi) is 3.07. The number of nitrogens with one attached hydrogen (secondary N) is 1. The fourth-order valence-electron chi connectivity index (χ4n) is 1.89. The van der Waals surface area contributed by atoms with Crippen molar-refractivity contribution in [3.05, 3.63) is 18.2 Å². The molecule has 1 fully saturated rings. The molecule has 1 saturated heterocycles. The second-order valence-corrected chi connectivity index (χ2v) is 5.65. The van der Waals surface area contributed by atoms with Crippen LogP contribution >= 0.6 is 0 Å². The quantitative estimate of drug-likeness (QED) is 0.784. The zero-order chi connectivity index (χ0) is 13.6. The highest BCUT2D eigenvalue weighted by atomic mass is 16.7. The average Bonchev–Trinajstić information content (AvgIpc) is 2.47. The molecule has 2 rings (SSSR count). The molecule has 0 aromatic heterocycles. The van der Waals surface area contributed by atoms with Crippen LogP contribution in [0.5, 0.6) is 5.75 Å². The van der Waals surface area contributed by atoms with Crippen LogP contribution in [0.3, 0.4) is 0 Å². The summed E-state index contributed by atoms with van der Waals surface area (Å²) in [5.74, 6) is 0.201. The molecule has 0 aliphatic carbocycles. The molecule has 1 aromatic rings. The summed E-state index contributed by atoms with van der Waals surface area (Å²) >= 11 is 0. The molecule has 0 amide bonds. The van der Waals surface area contributed by atoms with E-state index in [4.69, 9.17) is 9.31 Å². The van der Waals surface area contributed by atoms with Gasteiger partial charge in [0.15, 0.2) is 0 Å². The Hall–Kier alpha value is -1.20. The molecule has 18 heavy (non-hydrogen) atoms. The van der Waals surface area contributed by atoms with E-state index in [2.05, 4.69) is 5.32 Å². The zero-order valence-corrected chi connectivity index (χ0v) is 11.6. The average molecular weight is 249 g/mol. The lowest BCUT2D eigenvalue weighted by molar-refractivity contribution is 0.00578. The molecule has 2 N–H and O–H groups in total. The third-order valence-electron chi connectivity index (χ3n) is 3.75. The van der Waals surface area contributed by atoms with E-state index in [0.717, 1.165) is 11.2 Å². The van der Waals surface area contributed by atoms with Crippen molar-refractivity contribution in [1.29, 1.82) is 0 Å². The van der Waals surface area contributed by atoms with Gasteiger partial charge in [0, 0.05) is 18.8 Å². The second-order valence-electron chi connectivity index (χ2n) is 5.65. The van der Waals surface area contributed by atoms with Crippen LogP contribution in [0, 0.1) is 0 Å². The van der Waals surface area contributed by atoms with Crippen LogP contribution in [-0.2, 0) is 9.31 Å². The van der Waals surface area contributed by atoms with Crippen molar-refractivity contribution in [1.82, 2.24) is 0 Å². The fourth-order valence-corrected chi connectivity index (χ4v) is 1.89. The Morgan fingerprint density at radius 2 is 1.61 bits per heavy atom. The van der Waals surface area contributed by atoms with Gasteiger partial charge in [0.25, 0.3) is 0 Å². The van der Waals surface area contributed by atoms with Gasteiger partial charge in [-0.2, -0.15) is 0 Å². The minimum Gasteiger partial charge on any atom is -0.508 e. The largest absolute Gasteiger partial charge is 0.508 e. The van der Waals surface area contributed by atoms with E-state index in [1.165, 1.54) is 0 Å². The third kappa shape index (κ3) is 2.20. The van der Waals surface area contributed by atoms with Crippen LogP contribution in [-0.4, -0.2) is 30.5 Å². The summed E-state index contributed by atoms with van der Waals surface area (Å²) in [6, 6.07) is 5.25. The first-order valence-corrected chi connectivity index (χ1v) is 6.12. The number of benzene rings is 1. The zero-order valence-electron chi connectivity index (χ0n) is 11.6. The van der Waals surface area contributed by atoms with E-state index >= 15 is 0 Å². The van der Waals surface area contributed by atoms with Crippen molar-refractivity contribution < 1.29 is 14.4 Å². The Balaban J connectivity index is 2.32. The highest BCUT2D eigenvalue weighted by Gasteiger charge is 2.51. The normalized spacial score (nSPS) is 21.1. The molecular weight excluding hydrogens is 229 g/mol. The van der Waals surface area contributed by atoms with Gasteiger partial charge in [-0.25, -0.2) is 0 Å². The topological polar surface area (TPSA) is 50.7 Å². The van der Waals surface area contributed by atoms with Crippen molar-refractivity contribution in [3.63, 3.8) is 0 Å². The lowest BCUT2D eigenvalue weighted by Gasteiger charge is -2.32. The van der Waals surface area contributed by atoms with Crippen molar-refractivity contribution >= 4 is 18.3 Å². The number of anilines is 1. The number of phenolic OH excluding ortho intramolecular Hbond substituents is 1. The molecule has 1 aliphatic heterocycles. The van der Waals surface area contributed by atoms with Crippen LogP contribution in [0.25, 0.3) is 0 Å². The molecule has 0 bridgehead atoms. The van der Waals surface area contributed by atoms with E-state index in [-0.39, 0.29) is 17.0 Å². The molecule has 0 radical (unpaired) electrons. The predicted octanol–water partition coefficient (Wildman–Crippen LogP) is 1.73. The standard InChI is InChI=1S/C13H20BNO3/c1-12(2)13(3,4)18-14(17-12)9-6-10(15-5)8-11(16)7-9/h6-8,15-16H,1-5H3. The molecule has 98 valence electrons. The Bertz CT molecular complexity index is 444. The summed E-state index contributed by atoms with van der Waals surface area (Å²) in [5, 5.41) is 12.7. The molecule has 4 nitrogen and oxygen atoms in total. The monoisotopic (exact) mass is 249 g/mol. The number of rotatable bonds is 2. The summed E-state index contributed by atoms with van der Waals surface area (Å²) in [6.07, 6.45) is 0. The van der Waals surface area contributed by atoms with E-state index in [1.807, 2.05) is 40.8 Å². The van der Waals surface area contributed by atoms with Crippen molar-refractivity contribution in [2.24, 2.45) is 0 Å². The maximum atomic E-state index is 9.69. The van der Waals surface area contributed by atoms with Gasteiger partial charge in [-0.05, 0) is 45.3 Å². The van der Waals surface area contributed by atoms with Crippen molar-refractivity contribution in [2.45, 2.75) is 38.9 Å². The second kappa shape index (κ2) is 4.18. The van der Waals surface area contributed by atoms with Gasteiger partial charge in [0.05, 0.1) is 11.2 Å². The first kappa shape index (κ1) is 13.2. The van der Waals surface area contributed by atoms with Gasteiger partial charge in [0.2, 0.25) is 0 Å². The lowest BCUT2D eigenvalue weighted by atomic mass is 9.79. The first-order valence-electron chi connectivity index (χ1n) is 6.12. The summed E-state index contributed by atoms with van der Waals surface area (Å²) in [7, 11) is 1.36. The summed E-state index contributed by atoms with van der Waals surface area (Å²) in [6.45, 7) is 8.03. The Morgan fingerprint density at radius 1 is 1.06 bits per heavy atom. The van der Waals surface area contributed by atoms with Crippen LogP contribution in [0.2, 0.25) is 0 Å². The highest BCUT2D eigenvalue weighted by Crippen LogP contribution is 2.36. The molecule has 0 atom stereocenters. The van der Waals surface area contributed by atoms with Gasteiger partial charge in [-0.15, -0.1) is 0 Å². The number of hydrogen-bond donors (Lipinski definition) is 2. The van der Waals surface area contributed by atoms with Gasteiger partial charge >= 0.3 is 7.12 Å². The van der Waals surface area contributed by atoms with Crippen LogP contribution < -0.4 is 10.8 Å². The van der Waals surface area contributed by atoms with Gasteiger partial charge in [-0.1, -0.05) is 0 Å². The minimum absolute atomic E-state index is 0.201. The molecule has 1 heterocycles.